The minimum Gasteiger partial charge on any atom is -0.492 e. The van der Waals surface area contributed by atoms with E-state index in [9.17, 15) is 0 Å². The summed E-state index contributed by atoms with van der Waals surface area (Å²) in [5.41, 5.74) is 0.874. The first-order valence-electron chi connectivity index (χ1n) is 6.82. The summed E-state index contributed by atoms with van der Waals surface area (Å²) in [4.78, 5) is 2.37. The molecule has 1 aliphatic rings. The normalized spacial score (nSPS) is 14.7. The van der Waals surface area contributed by atoms with Gasteiger partial charge in [-0.1, -0.05) is 24.3 Å². The van der Waals surface area contributed by atoms with Crippen LogP contribution in [0.2, 0.25) is 0 Å². The van der Waals surface area contributed by atoms with Crippen LogP contribution in [0.5, 0.6) is 5.75 Å². The van der Waals surface area contributed by atoms with E-state index >= 15 is 0 Å². The SMILES string of the molecule is CN(CCOc1cccc(C#CCO)c1)C1CCC1. The molecule has 0 atom stereocenters. The van der Waals surface area contributed by atoms with Crippen molar-refractivity contribution in [3.8, 4) is 17.6 Å². The van der Waals surface area contributed by atoms with Crippen LogP contribution in [0.1, 0.15) is 24.8 Å². The van der Waals surface area contributed by atoms with Gasteiger partial charge in [0.2, 0.25) is 0 Å². The summed E-state index contributed by atoms with van der Waals surface area (Å²) in [6.45, 7) is 1.54. The largest absolute Gasteiger partial charge is 0.492 e. The first kappa shape index (κ1) is 13.9. The maximum absolute atomic E-state index is 8.67. The maximum atomic E-state index is 8.67. The second-order valence-electron chi connectivity index (χ2n) is 4.90. The van der Waals surface area contributed by atoms with E-state index in [0.29, 0.717) is 6.61 Å². The van der Waals surface area contributed by atoms with Gasteiger partial charge < -0.3 is 14.7 Å². The molecule has 0 aliphatic heterocycles. The zero-order valence-corrected chi connectivity index (χ0v) is 11.4. The highest BCUT2D eigenvalue weighted by Gasteiger charge is 2.21. The lowest BCUT2D eigenvalue weighted by atomic mass is 9.92. The quantitative estimate of drug-likeness (QED) is 0.820. The van der Waals surface area contributed by atoms with E-state index in [4.69, 9.17) is 9.84 Å². The zero-order valence-electron chi connectivity index (χ0n) is 11.4. The third kappa shape index (κ3) is 4.27. The number of hydrogen-bond donors (Lipinski definition) is 1. The maximum Gasteiger partial charge on any atom is 0.120 e. The van der Waals surface area contributed by atoms with Crippen LogP contribution < -0.4 is 4.74 Å². The van der Waals surface area contributed by atoms with Crippen LogP contribution in [0, 0.1) is 11.8 Å². The van der Waals surface area contributed by atoms with Crippen LogP contribution in [-0.4, -0.2) is 42.9 Å². The topological polar surface area (TPSA) is 32.7 Å². The van der Waals surface area contributed by atoms with Crippen molar-refractivity contribution >= 4 is 0 Å². The molecule has 0 spiro atoms. The molecular formula is C16H21NO2. The van der Waals surface area contributed by atoms with E-state index in [1.807, 2.05) is 24.3 Å². The Bertz CT molecular complexity index is 457. The van der Waals surface area contributed by atoms with Gasteiger partial charge in [-0.15, -0.1) is 0 Å². The highest BCUT2D eigenvalue weighted by Crippen LogP contribution is 2.23. The van der Waals surface area contributed by atoms with Crippen molar-refractivity contribution in [3.05, 3.63) is 29.8 Å². The van der Waals surface area contributed by atoms with Gasteiger partial charge in [0.1, 0.15) is 19.0 Å². The molecule has 3 heteroatoms. The summed E-state index contributed by atoms with van der Waals surface area (Å²) in [7, 11) is 2.16. The summed E-state index contributed by atoms with van der Waals surface area (Å²) < 4.78 is 5.74. The fraction of sp³-hybridized carbons (Fsp3) is 0.500. The fourth-order valence-electron chi connectivity index (χ4n) is 2.12. The van der Waals surface area contributed by atoms with Crippen molar-refractivity contribution in [1.82, 2.24) is 4.90 Å². The minimum atomic E-state index is -0.114. The molecule has 0 saturated heterocycles. The molecule has 1 aliphatic carbocycles. The number of aliphatic hydroxyl groups is 1. The predicted molar refractivity (Wildman–Crippen MR) is 76.2 cm³/mol. The second kappa shape index (κ2) is 7.18. The van der Waals surface area contributed by atoms with Crippen molar-refractivity contribution in [2.75, 3.05) is 26.8 Å². The lowest BCUT2D eigenvalue weighted by molar-refractivity contribution is 0.135. The molecule has 19 heavy (non-hydrogen) atoms. The number of hydrogen-bond acceptors (Lipinski definition) is 3. The highest BCUT2D eigenvalue weighted by atomic mass is 16.5. The molecule has 0 radical (unpaired) electrons. The first-order valence-corrected chi connectivity index (χ1v) is 6.82. The zero-order chi connectivity index (χ0) is 13.5. The standard InChI is InChI=1S/C16H21NO2/c1-17(15-7-3-8-15)10-12-19-16-9-2-5-14(13-16)6-4-11-18/h2,5,9,13,15,18H,3,7-8,10-12H2,1H3. The summed E-state index contributed by atoms with van der Waals surface area (Å²) >= 11 is 0. The average molecular weight is 259 g/mol. The monoisotopic (exact) mass is 259 g/mol. The Balaban J connectivity index is 1.78. The number of aliphatic hydroxyl groups excluding tert-OH is 1. The van der Waals surface area contributed by atoms with Crippen LogP contribution in [0.15, 0.2) is 24.3 Å². The Hall–Kier alpha value is -1.50. The van der Waals surface area contributed by atoms with Crippen molar-refractivity contribution in [3.63, 3.8) is 0 Å². The number of benzene rings is 1. The lowest BCUT2D eigenvalue weighted by Gasteiger charge is -2.34. The van der Waals surface area contributed by atoms with Gasteiger partial charge in [0.05, 0.1) is 0 Å². The van der Waals surface area contributed by atoms with E-state index in [1.54, 1.807) is 0 Å². The third-order valence-electron chi connectivity index (χ3n) is 3.56. The number of likely N-dealkylation sites (N-methyl/N-ethyl adjacent to an activating group) is 1. The number of rotatable bonds is 5. The highest BCUT2D eigenvalue weighted by molar-refractivity contribution is 5.39. The van der Waals surface area contributed by atoms with Gasteiger partial charge in [-0.25, -0.2) is 0 Å². The van der Waals surface area contributed by atoms with Crippen molar-refractivity contribution in [2.45, 2.75) is 25.3 Å². The van der Waals surface area contributed by atoms with Crippen molar-refractivity contribution in [2.24, 2.45) is 0 Å². The average Bonchev–Trinajstić information content (AvgIpc) is 2.35. The van der Waals surface area contributed by atoms with Crippen LogP contribution in [0.3, 0.4) is 0 Å². The first-order chi connectivity index (χ1) is 9.29. The molecule has 102 valence electrons. The van der Waals surface area contributed by atoms with Gasteiger partial charge >= 0.3 is 0 Å². The molecule has 2 rings (SSSR count). The molecule has 0 heterocycles. The van der Waals surface area contributed by atoms with Crippen LogP contribution in [-0.2, 0) is 0 Å². The molecule has 1 N–H and O–H groups in total. The molecule has 3 nitrogen and oxygen atoms in total. The molecule has 0 unspecified atom stereocenters. The van der Waals surface area contributed by atoms with Gasteiger partial charge in [-0.05, 0) is 38.1 Å². The molecular weight excluding hydrogens is 238 g/mol. The molecule has 0 amide bonds. The molecule has 1 saturated carbocycles. The second-order valence-corrected chi connectivity index (χ2v) is 4.90. The van der Waals surface area contributed by atoms with E-state index in [-0.39, 0.29) is 6.61 Å². The van der Waals surface area contributed by atoms with Gasteiger partial charge in [0.15, 0.2) is 0 Å². The van der Waals surface area contributed by atoms with Gasteiger partial charge in [0, 0.05) is 18.2 Å². The van der Waals surface area contributed by atoms with Crippen molar-refractivity contribution in [1.29, 1.82) is 0 Å². The van der Waals surface area contributed by atoms with E-state index in [0.717, 1.165) is 23.9 Å². The van der Waals surface area contributed by atoms with Gasteiger partial charge in [0.25, 0.3) is 0 Å². The Morgan fingerprint density at radius 2 is 2.26 bits per heavy atom. The third-order valence-corrected chi connectivity index (χ3v) is 3.56. The molecule has 1 fully saturated rings. The molecule has 1 aromatic rings. The van der Waals surface area contributed by atoms with E-state index in [1.165, 1.54) is 19.3 Å². The summed E-state index contributed by atoms with van der Waals surface area (Å²) in [5.74, 6) is 6.36. The lowest BCUT2D eigenvalue weighted by Crippen LogP contribution is -2.39. The van der Waals surface area contributed by atoms with Gasteiger partial charge in [-0.2, -0.15) is 0 Å². The molecule has 0 bridgehead atoms. The predicted octanol–water partition coefficient (Wildman–Crippen LogP) is 1.89. The van der Waals surface area contributed by atoms with Crippen LogP contribution >= 0.6 is 0 Å². The van der Waals surface area contributed by atoms with Crippen LogP contribution in [0.25, 0.3) is 0 Å². The Kier molecular flexibility index (Phi) is 5.26. The summed E-state index contributed by atoms with van der Waals surface area (Å²) in [5, 5.41) is 8.67. The molecule has 0 aromatic heterocycles. The van der Waals surface area contributed by atoms with Crippen LogP contribution in [0.4, 0.5) is 0 Å². The fourth-order valence-corrected chi connectivity index (χ4v) is 2.12. The number of nitrogens with zero attached hydrogens (tertiary/aromatic N) is 1. The van der Waals surface area contributed by atoms with Crippen molar-refractivity contribution < 1.29 is 9.84 Å². The molecule has 1 aromatic carbocycles. The smallest absolute Gasteiger partial charge is 0.120 e. The number of ether oxygens (including phenoxy) is 1. The minimum absolute atomic E-state index is 0.114. The Labute approximate surface area is 115 Å². The van der Waals surface area contributed by atoms with E-state index in [2.05, 4.69) is 23.8 Å². The van der Waals surface area contributed by atoms with Gasteiger partial charge in [-0.3, -0.25) is 0 Å². The Morgan fingerprint density at radius 1 is 1.42 bits per heavy atom. The summed E-state index contributed by atoms with van der Waals surface area (Å²) in [6.07, 6.45) is 4.01. The summed E-state index contributed by atoms with van der Waals surface area (Å²) in [6, 6.07) is 8.44. The van der Waals surface area contributed by atoms with E-state index < -0.39 is 0 Å². The Morgan fingerprint density at radius 3 is 2.95 bits per heavy atom.